The number of nitrogens with zero attached hydrogens (tertiary/aromatic N) is 1. The monoisotopic (exact) mass is 573 g/mol. The minimum atomic E-state index is -4.62. The summed E-state index contributed by atoms with van der Waals surface area (Å²) in [5.41, 5.74) is -4.62. The molecule has 1 fully saturated rings. The van der Waals surface area contributed by atoms with Crippen molar-refractivity contribution >= 4 is 11.9 Å². The molecule has 3 rings (SSSR count). The lowest BCUT2D eigenvalue weighted by molar-refractivity contribution is -0.186. The number of carbonyl (C=O) groups is 2. The van der Waals surface area contributed by atoms with Crippen molar-refractivity contribution in [3.05, 3.63) is 70.8 Å². The Labute approximate surface area is 228 Å². The van der Waals surface area contributed by atoms with E-state index in [9.17, 15) is 46.1 Å². The number of carboxylic acids is 2. The highest BCUT2D eigenvalue weighted by atomic mass is 19.4. The molecule has 11 heteroatoms. The van der Waals surface area contributed by atoms with Crippen LogP contribution in [0, 0.1) is 17.3 Å². The van der Waals surface area contributed by atoms with Crippen LogP contribution in [0.5, 0.6) is 0 Å². The van der Waals surface area contributed by atoms with E-state index in [-0.39, 0.29) is 24.4 Å². The fourth-order valence-electron chi connectivity index (χ4n) is 5.93. The van der Waals surface area contributed by atoms with Crippen LogP contribution in [0.25, 0.3) is 0 Å². The number of piperidine rings is 1. The average molecular weight is 574 g/mol. The first kappa shape index (κ1) is 31.4. The van der Waals surface area contributed by atoms with Gasteiger partial charge in [0.1, 0.15) is 0 Å². The van der Waals surface area contributed by atoms with E-state index in [1.54, 1.807) is 6.92 Å². The highest BCUT2D eigenvalue weighted by Gasteiger charge is 2.62. The molecular formula is C29H33F6NO4. The Kier molecular flexibility index (Phi) is 8.70. The van der Waals surface area contributed by atoms with Crippen molar-refractivity contribution in [2.24, 2.45) is 17.3 Å². The summed E-state index contributed by atoms with van der Waals surface area (Å²) in [4.78, 5) is 26.8. The molecule has 1 saturated heterocycles. The summed E-state index contributed by atoms with van der Waals surface area (Å²) >= 11 is 0. The summed E-state index contributed by atoms with van der Waals surface area (Å²) in [6.07, 6.45) is -8.39. The maximum Gasteiger partial charge on any atom is 0.416 e. The van der Waals surface area contributed by atoms with Crippen molar-refractivity contribution in [2.45, 2.75) is 70.9 Å². The van der Waals surface area contributed by atoms with Crippen LogP contribution in [0.1, 0.15) is 75.3 Å². The maximum absolute atomic E-state index is 13.3. The number of alkyl halides is 6. The molecule has 1 unspecified atom stereocenters. The summed E-state index contributed by atoms with van der Waals surface area (Å²) in [6, 6.07) is 8.22. The zero-order chi connectivity index (χ0) is 30.3. The SMILES string of the molecule is CC(C)CC[C@@H](c1ccc(C(F)(F)F)cc1)N1CCC(C(=O)O)(C(=O)O)C(C)[C@]1(C)c1ccc(C(F)(F)F)cc1. The second-order valence-corrected chi connectivity index (χ2v) is 11.1. The maximum atomic E-state index is 13.3. The van der Waals surface area contributed by atoms with E-state index in [4.69, 9.17) is 0 Å². The Bertz CT molecular complexity index is 1190. The van der Waals surface area contributed by atoms with E-state index >= 15 is 0 Å². The van der Waals surface area contributed by atoms with Crippen LogP contribution in [0.2, 0.25) is 0 Å². The van der Waals surface area contributed by atoms with Crippen molar-refractivity contribution in [2.75, 3.05) is 6.54 Å². The van der Waals surface area contributed by atoms with Crippen LogP contribution in [0.3, 0.4) is 0 Å². The third-order valence-corrected chi connectivity index (χ3v) is 8.50. The van der Waals surface area contributed by atoms with E-state index < -0.39 is 58.3 Å². The molecule has 0 radical (unpaired) electrons. The van der Waals surface area contributed by atoms with Crippen molar-refractivity contribution in [3.63, 3.8) is 0 Å². The van der Waals surface area contributed by atoms with Gasteiger partial charge in [0.05, 0.1) is 11.1 Å². The molecule has 0 spiro atoms. The van der Waals surface area contributed by atoms with Gasteiger partial charge in [-0.15, -0.1) is 0 Å². The topological polar surface area (TPSA) is 77.8 Å². The standard InChI is InChI=1S/C29H33F6NO4/c1-17(2)5-14-23(19-6-8-21(9-7-19)28(30,31)32)36-16-15-27(24(37)38,25(39)40)18(3)26(36,4)20-10-12-22(13-11-20)29(33,34)35/h6-13,17-18,23H,5,14-16H2,1-4H3,(H,37,38)(H,39,40)/t18?,23-,26+/m0/s1. The molecule has 1 heterocycles. The molecular weight excluding hydrogens is 540 g/mol. The minimum Gasteiger partial charge on any atom is -0.480 e. The largest absolute Gasteiger partial charge is 0.480 e. The Morgan fingerprint density at radius 3 is 1.73 bits per heavy atom. The van der Waals surface area contributed by atoms with Crippen molar-refractivity contribution in [1.82, 2.24) is 4.90 Å². The van der Waals surface area contributed by atoms with Crippen LogP contribution in [-0.2, 0) is 27.5 Å². The van der Waals surface area contributed by atoms with Gasteiger partial charge in [0, 0.05) is 24.0 Å². The van der Waals surface area contributed by atoms with Gasteiger partial charge in [-0.25, -0.2) is 0 Å². The molecule has 0 saturated carbocycles. The van der Waals surface area contributed by atoms with Gasteiger partial charge in [0.2, 0.25) is 0 Å². The van der Waals surface area contributed by atoms with Gasteiger partial charge in [-0.3, -0.25) is 14.5 Å². The number of likely N-dealkylation sites (tertiary alicyclic amines) is 1. The molecule has 0 aromatic heterocycles. The summed E-state index contributed by atoms with van der Waals surface area (Å²) < 4.78 is 79.9. The lowest BCUT2D eigenvalue weighted by atomic mass is 9.59. The molecule has 2 aromatic rings. The van der Waals surface area contributed by atoms with Gasteiger partial charge in [0.15, 0.2) is 5.41 Å². The third-order valence-electron chi connectivity index (χ3n) is 8.50. The fraction of sp³-hybridized carbons (Fsp3) is 0.517. The number of hydrogen-bond donors (Lipinski definition) is 2. The van der Waals surface area contributed by atoms with E-state index in [2.05, 4.69) is 0 Å². The third kappa shape index (κ3) is 5.70. The molecule has 3 atom stereocenters. The number of carboxylic acid groups (broad SMARTS) is 2. The van der Waals surface area contributed by atoms with Crippen molar-refractivity contribution in [1.29, 1.82) is 0 Å². The van der Waals surface area contributed by atoms with Crippen LogP contribution in [0.4, 0.5) is 26.3 Å². The predicted molar refractivity (Wildman–Crippen MR) is 135 cm³/mol. The molecule has 0 bridgehead atoms. The Hall–Kier alpha value is -3.08. The number of halogens is 6. The normalized spacial score (nSPS) is 22.7. The molecule has 1 aliphatic rings. The molecule has 1 aliphatic heterocycles. The Morgan fingerprint density at radius 2 is 1.32 bits per heavy atom. The number of aliphatic carboxylic acids is 2. The van der Waals surface area contributed by atoms with Crippen LogP contribution in [0.15, 0.2) is 48.5 Å². The van der Waals surface area contributed by atoms with Crippen LogP contribution < -0.4 is 0 Å². The first-order valence-electron chi connectivity index (χ1n) is 12.9. The van der Waals surface area contributed by atoms with Crippen LogP contribution in [-0.4, -0.2) is 33.6 Å². The van der Waals surface area contributed by atoms with E-state index in [1.807, 2.05) is 18.7 Å². The summed E-state index contributed by atoms with van der Waals surface area (Å²) in [5.74, 6) is -4.05. The molecule has 220 valence electrons. The molecule has 5 nitrogen and oxygen atoms in total. The highest BCUT2D eigenvalue weighted by Crippen LogP contribution is 2.54. The average Bonchev–Trinajstić information content (AvgIpc) is 2.85. The lowest BCUT2D eigenvalue weighted by Crippen LogP contribution is -2.64. The predicted octanol–water partition coefficient (Wildman–Crippen LogP) is 7.61. The molecule has 0 amide bonds. The molecule has 40 heavy (non-hydrogen) atoms. The first-order valence-corrected chi connectivity index (χ1v) is 12.9. The van der Waals surface area contributed by atoms with Gasteiger partial charge < -0.3 is 10.2 Å². The summed E-state index contributed by atoms with van der Waals surface area (Å²) in [5, 5.41) is 20.3. The van der Waals surface area contributed by atoms with Gasteiger partial charge in [-0.1, -0.05) is 45.0 Å². The van der Waals surface area contributed by atoms with Gasteiger partial charge in [-0.2, -0.15) is 26.3 Å². The number of benzene rings is 2. The molecule has 2 N–H and O–H groups in total. The van der Waals surface area contributed by atoms with Crippen molar-refractivity contribution < 1.29 is 46.1 Å². The zero-order valence-electron chi connectivity index (χ0n) is 22.6. The van der Waals surface area contributed by atoms with E-state index in [0.717, 1.165) is 24.3 Å². The Balaban J connectivity index is 2.24. The van der Waals surface area contributed by atoms with E-state index in [1.165, 1.54) is 31.2 Å². The minimum absolute atomic E-state index is 0.0652. The van der Waals surface area contributed by atoms with Gasteiger partial charge >= 0.3 is 24.3 Å². The smallest absolute Gasteiger partial charge is 0.416 e. The lowest BCUT2D eigenvalue weighted by Gasteiger charge is -2.57. The summed E-state index contributed by atoms with van der Waals surface area (Å²) in [6.45, 7) is 6.93. The zero-order valence-corrected chi connectivity index (χ0v) is 22.6. The van der Waals surface area contributed by atoms with Gasteiger partial charge in [-0.05, 0) is 67.5 Å². The second kappa shape index (κ2) is 11.1. The van der Waals surface area contributed by atoms with E-state index in [0.29, 0.717) is 18.4 Å². The van der Waals surface area contributed by atoms with Crippen LogP contribution >= 0.6 is 0 Å². The first-order chi connectivity index (χ1) is 18.4. The molecule has 0 aliphatic carbocycles. The highest BCUT2D eigenvalue weighted by molar-refractivity contribution is 5.99. The molecule has 2 aromatic carbocycles. The second-order valence-electron chi connectivity index (χ2n) is 11.1. The van der Waals surface area contributed by atoms with Crippen molar-refractivity contribution in [3.8, 4) is 0 Å². The summed E-state index contributed by atoms with van der Waals surface area (Å²) in [7, 11) is 0. The number of hydrogen-bond acceptors (Lipinski definition) is 3. The Morgan fingerprint density at radius 1 is 0.875 bits per heavy atom. The number of rotatable bonds is 8. The van der Waals surface area contributed by atoms with Gasteiger partial charge in [0.25, 0.3) is 0 Å². The fourth-order valence-corrected chi connectivity index (χ4v) is 5.93. The quantitative estimate of drug-likeness (QED) is 0.251.